The van der Waals surface area contributed by atoms with Gasteiger partial charge < -0.3 is 5.32 Å². The lowest BCUT2D eigenvalue weighted by atomic mass is 10.2. The van der Waals surface area contributed by atoms with Crippen molar-refractivity contribution in [3.8, 4) is 5.69 Å². The van der Waals surface area contributed by atoms with Crippen molar-refractivity contribution < 1.29 is 9.18 Å². The summed E-state index contributed by atoms with van der Waals surface area (Å²) in [5, 5.41) is 7.88. The molecule has 2 aromatic heterocycles. The number of nitrogens with zero attached hydrogens (tertiary/aromatic N) is 3. The fraction of sp³-hybridized carbons (Fsp3) is 0.0952. The lowest BCUT2D eigenvalue weighted by molar-refractivity contribution is 0.102. The Morgan fingerprint density at radius 2 is 1.82 bits per heavy atom. The van der Waals surface area contributed by atoms with Crippen LogP contribution in [0.3, 0.4) is 0 Å². The number of carbonyl (C=O) groups is 1. The van der Waals surface area contributed by atoms with Crippen LogP contribution in [0, 0.1) is 19.7 Å². The molecule has 0 aliphatic heterocycles. The van der Waals surface area contributed by atoms with Gasteiger partial charge in [-0.05, 0) is 38.1 Å². The van der Waals surface area contributed by atoms with Gasteiger partial charge in [-0.1, -0.05) is 41.4 Å². The van der Waals surface area contributed by atoms with Gasteiger partial charge in [0.05, 0.1) is 33.0 Å². The van der Waals surface area contributed by atoms with E-state index in [-0.39, 0.29) is 16.3 Å². The smallest absolute Gasteiger partial charge is 0.258 e. The summed E-state index contributed by atoms with van der Waals surface area (Å²) in [6, 6.07) is 13.8. The number of benzene rings is 2. The first-order valence-electron chi connectivity index (χ1n) is 8.62. The highest BCUT2D eigenvalue weighted by molar-refractivity contribution is 6.39. The highest BCUT2D eigenvalue weighted by atomic mass is 35.5. The average molecular weight is 395 g/mol. The van der Waals surface area contributed by atoms with E-state index in [4.69, 9.17) is 11.6 Å². The first kappa shape index (κ1) is 18.1. The van der Waals surface area contributed by atoms with Crippen molar-refractivity contribution in [1.29, 1.82) is 0 Å². The molecule has 0 bridgehead atoms. The van der Waals surface area contributed by atoms with Crippen LogP contribution in [0.4, 0.5) is 10.1 Å². The number of hydrogen-bond acceptors (Lipinski definition) is 3. The number of hydrogen-bond donors (Lipinski definition) is 1. The summed E-state index contributed by atoms with van der Waals surface area (Å²) >= 11 is 6.53. The van der Waals surface area contributed by atoms with Crippen molar-refractivity contribution in [1.82, 2.24) is 14.8 Å². The molecular weight excluding hydrogens is 379 g/mol. The summed E-state index contributed by atoms with van der Waals surface area (Å²) in [4.78, 5) is 17.0. The maximum Gasteiger partial charge on any atom is 0.258 e. The molecular formula is C21H16ClFN4O. The number of carbonyl (C=O) groups excluding carboxylic acids is 1. The predicted molar refractivity (Wildman–Crippen MR) is 108 cm³/mol. The van der Waals surface area contributed by atoms with Crippen LogP contribution in [0.15, 0.2) is 54.7 Å². The molecule has 4 aromatic rings. The third-order valence-electron chi connectivity index (χ3n) is 4.45. The summed E-state index contributed by atoms with van der Waals surface area (Å²) in [6.07, 6.45) is 1.38. The Hall–Kier alpha value is -3.25. The third kappa shape index (κ3) is 3.12. The molecule has 0 saturated carbocycles. The average Bonchev–Trinajstić information content (AvgIpc) is 3.02. The fourth-order valence-corrected chi connectivity index (χ4v) is 3.34. The van der Waals surface area contributed by atoms with Crippen LogP contribution < -0.4 is 5.32 Å². The Labute approximate surface area is 165 Å². The summed E-state index contributed by atoms with van der Waals surface area (Å²) in [5.74, 6) is -1.06. The van der Waals surface area contributed by atoms with Crippen molar-refractivity contribution in [2.24, 2.45) is 0 Å². The van der Waals surface area contributed by atoms with E-state index in [0.29, 0.717) is 16.7 Å². The standard InChI is InChI=1S/C21H16ClFN4O/c1-12-7-9-14(10-8-12)27-20-18(13(2)26-27)19(22)15(11-24-20)21(28)25-17-6-4-3-5-16(17)23/h3-11H,1-2H3,(H,25,28). The Kier molecular flexibility index (Phi) is 4.57. The lowest BCUT2D eigenvalue weighted by Gasteiger charge is -2.09. The summed E-state index contributed by atoms with van der Waals surface area (Å²) in [6.45, 7) is 3.81. The minimum absolute atomic E-state index is 0.0794. The van der Waals surface area contributed by atoms with Gasteiger partial charge in [0.1, 0.15) is 5.82 Å². The topological polar surface area (TPSA) is 59.8 Å². The van der Waals surface area contributed by atoms with Crippen LogP contribution in [-0.2, 0) is 0 Å². The van der Waals surface area contributed by atoms with E-state index in [0.717, 1.165) is 11.3 Å². The molecule has 1 amide bonds. The van der Waals surface area contributed by atoms with Crippen LogP contribution >= 0.6 is 11.6 Å². The summed E-state index contributed by atoms with van der Waals surface area (Å²) in [5.41, 5.74) is 3.41. The quantitative estimate of drug-likeness (QED) is 0.527. The predicted octanol–water partition coefficient (Wildman–Crippen LogP) is 5.08. The first-order valence-corrected chi connectivity index (χ1v) is 9.00. The van der Waals surface area contributed by atoms with Crippen LogP contribution in [0.5, 0.6) is 0 Å². The minimum atomic E-state index is -0.535. The van der Waals surface area contributed by atoms with Gasteiger partial charge in [0.25, 0.3) is 5.91 Å². The Balaban J connectivity index is 1.77. The number of halogens is 2. The van der Waals surface area contributed by atoms with Gasteiger partial charge in [-0.25, -0.2) is 14.1 Å². The zero-order valence-corrected chi connectivity index (χ0v) is 16.0. The molecule has 0 radical (unpaired) electrons. The molecule has 0 unspecified atom stereocenters. The molecule has 28 heavy (non-hydrogen) atoms. The van der Waals surface area contributed by atoms with Crippen molar-refractivity contribution >= 4 is 34.2 Å². The second-order valence-electron chi connectivity index (χ2n) is 6.45. The monoisotopic (exact) mass is 394 g/mol. The lowest BCUT2D eigenvalue weighted by Crippen LogP contribution is -2.14. The second-order valence-corrected chi connectivity index (χ2v) is 6.83. The Bertz CT molecular complexity index is 1200. The molecule has 2 aromatic carbocycles. The molecule has 2 heterocycles. The largest absolute Gasteiger partial charge is 0.319 e. The Morgan fingerprint density at radius 1 is 1.11 bits per heavy atom. The van der Waals surface area contributed by atoms with Crippen LogP contribution in [0.2, 0.25) is 5.02 Å². The van der Waals surface area contributed by atoms with E-state index in [1.54, 1.807) is 23.7 Å². The molecule has 4 rings (SSSR count). The molecule has 1 N–H and O–H groups in total. The van der Waals surface area contributed by atoms with E-state index in [2.05, 4.69) is 15.4 Å². The first-order chi connectivity index (χ1) is 13.5. The van der Waals surface area contributed by atoms with Crippen molar-refractivity contribution in [2.45, 2.75) is 13.8 Å². The molecule has 0 atom stereocenters. The number of fused-ring (bicyclic) bond motifs is 1. The van der Waals surface area contributed by atoms with Crippen molar-refractivity contribution in [3.05, 3.63) is 82.4 Å². The van der Waals surface area contributed by atoms with E-state index in [1.807, 2.05) is 31.2 Å². The normalized spacial score (nSPS) is 11.0. The number of amides is 1. The highest BCUT2D eigenvalue weighted by Gasteiger charge is 2.20. The van der Waals surface area contributed by atoms with Gasteiger partial charge >= 0.3 is 0 Å². The zero-order chi connectivity index (χ0) is 19.8. The maximum absolute atomic E-state index is 13.8. The zero-order valence-electron chi connectivity index (χ0n) is 15.2. The highest BCUT2D eigenvalue weighted by Crippen LogP contribution is 2.30. The van der Waals surface area contributed by atoms with Gasteiger partial charge in [0.2, 0.25) is 0 Å². The maximum atomic E-state index is 13.8. The SMILES string of the molecule is Cc1ccc(-n2nc(C)c3c(Cl)c(C(=O)Nc4ccccc4F)cnc32)cc1. The van der Waals surface area contributed by atoms with Crippen molar-refractivity contribution in [2.75, 3.05) is 5.32 Å². The molecule has 0 aliphatic rings. The molecule has 0 fully saturated rings. The number of rotatable bonds is 3. The van der Waals surface area contributed by atoms with Gasteiger partial charge in [-0.3, -0.25) is 4.79 Å². The number of pyridine rings is 1. The van der Waals surface area contributed by atoms with Crippen molar-refractivity contribution in [3.63, 3.8) is 0 Å². The Morgan fingerprint density at radius 3 is 2.54 bits per heavy atom. The van der Waals surface area contributed by atoms with Crippen LogP contribution in [0.25, 0.3) is 16.7 Å². The number of para-hydroxylation sites is 1. The van der Waals surface area contributed by atoms with Crippen LogP contribution in [0.1, 0.15) is 21.6 Å². The minimum Gasteiger partial charge on any atom is -0.319 e. The fourth-order valence-electron chi connectivity index (χ4n) is 2.98. The molecule has 0 spiro atoms. The number of aryl methyl sites for hydroxylation is 2. The molecule has 0 saturated heterocycles. The van der Waals surface area contributed by atoms with Gasteiger partial charge in [-0.2, -0.15) is 5.10 Å². The summed E-state index contributed by atoms with van der Waals surface area (Å²) in [7, 11) is 0. The molecule has 7 heteroatoms. The van der Waals surface area contributed by atoms with E-state index < -0.39 is 11.7 Å². The van der Waals surface area contributed by atoms with E-state index in [9.17, 15) is 9.18 Å². The van der Waals surface area contributed by atoms with E-state index >= 15 is 0 Å². The van der Waals surface area contributed by atoms with Gasteiger partial charge in [0.15, 0.2) is 5.65 Å². The molecule has 140 valence electrons. The summed E-state index contributed by atoms with van der Waals surface area (Å²) < 4.78 is 15.5. The van der Waals surface area contributed by atoms with Gasteiger partial charge in [-0.15, -0.1) is 0 Å². The third-order valence-corrected chi connectivity index (χ3v) is 4.85. The van der Waals surface area contributed by atoms with Gasteiger partial charge in [0, 0.05) is 6.20 Å². The number of aromatic nitrogens is 3. The van der Waals surface area contributed by atoms with Crippen LogP contribution in [-0.4, -0.2) is 20.7 Å². The van der Waals surface area contributed by atoms with E-state index in [1.165, 1.54) is 18.3 Å². The second kappa shape index (κ2) is 7.05. The molecule has 0 aliphatic carbocycles. The number of anilines is 1. The molecule has 5 nitrogen and oxygen atoms in total. The number of nitrogens with one attached hydrogen (secondary N) is 1.